The molecule has 0 atom stereocenters. The number of hydrogen-bond acceptors (Lipinski definition) is 3. The number of anilines is 2. The maximum Gasteiger partial charge on any atom is 0.260 e. The van der Waals surface area contributed by atoms with Crippen molar-refractivity contribution < 1.29 is 9.18 Å². The van der Waals surface area contributed by atoms with E-state index < -0.39 is 11.7 Å². The maximum atomic E-state index is 13.9. The van der Waals surface area contributed by atoms with Crippen LogP contribution in [0.3, 0.4) is 0 Å². The van der Waals surface area contributed by atoms with E-state index in [2.05, 4.69) is 41.2 Å². The Balaban J connectivity index is 1.75. The summed E-state index contributed by atoms with van der Waals surface area (Å²) in [5.41, 5.74) is 1.47. The molecule has 2 aromatic carbocycles. The molecule has 1 N–H and O–H groups in total. The van der Waals surface area contributed by atoms with Gasteiger partial charge in [-0.2, -0.15) is 0 Å². The first-order chi connectivity index (χ1) is 13.5. The van der Waals surface area contributed by atoms with Crippen molar-refractivity contribution in [3.05, 3.63) is 88.8 Å². The van der Waals surface area contributed by atoms with E-state index in [0.717, 1.165) is 12.4 Å². The minimum absolute atomic E-state index is 0.0657. The molecule has 0 saturated heterocycles. The Kier molecular flexibility index (Phi) is 6.26. The summed E-state index contributed by atoms with van der Waals surface area (Å²) in [7, 11) is 0. The molecule has 0 bridgehead atoms. The summed E-state index contributed by atoms with van der Waals surface area (Å²) in [5, 5.41) is 2.71. The van der Waals surface area contributed by atoms with Gasteiger partial charge in [-0.05, 0) is 43.7 Å². The van der Waals surface area contributed by atoms with Crippen molar-refractivity contribution in [1.82, 2.24) is 4.98 Å². The molecule has 1 heterocycles. The summed E-state index contributed by atoms with van der Waals surface area (Å²) in [4.78, 5) is 19.0. The van der Waals surface area contributed by atoms with Gasteiger partial charge in [0.15, 0.2) is 0 Å². The molecule has 144 valence electrons. The minimum atomic E-state index is -0.663. The maximum absolute atomic E-state index is 13.9. The second kappa shape index (κ2) is 8.85. The Morgan fingerprint density at radius 3 is 2.46 bits per heavy atom. The number of hydrogen-bond donors (Lipinski definition) is 1. The number of rotatable bonds is 6. The van der Waals surface area contributed by atoms with Crippen molar-refractivity contribution in [1.29, 1.82) is 0 Å². The molecule has 0 aliphatic heterocycles. The van der Waals surface area contributed by atoms with Crippen LogP contribution in [0.5, 0.6) is 0 Å². The molecule has 0 aliphatic carbocycles. The number of pyridine rings is 1. The Labute approximate surface area is 169 Å². The number of carbonyl (C=O) groups excluding carboxylic acids is 1. The minimum Gasteiger partial charge on any atom is -0.350 e. The van der Waals surface area contributed by atoms with E-state index in [9.17, 15) is 9.18 Å². The van der Waals surface area contributed by atoms with Gasteiger partial charge in [-0.1, -0.05) is 48.0 Å². The van der Waals surface area contributed by atoms with Gasteiger partial charge in [0.2, 0.25) is 0 Å². The van der Waals surface area contributed by atoms with E-state index in [1.54, 1.807) is 12.3 Å². The second-order valence-corrected chi connectivity index (χ2v) is 7.07. The van der Waals surface area contributed by atoms with Gasteiger partial charge in [-0.25, -0.2) is 9.37 Å². The van der Waals surface area contributed by atoms with Crippen LogP contribution in [0, 0.1) is 5.82 Å². The van der Waals surface area contributed by atoms with Crippen LogP contribution in [-0.2, 0) is 6.54 Å². The largest absolute Gasteiger partial charge is 0.350 e. The first kappa shape index (κ1) is 19.8. The predicted octanol–water partition coefficient (Wildman–Crippen LogP) is 5.54. The Hall–Kier alpha value is -2.92. The highest BCUT2D eigenvalue weighted by atomic mass is 35.5. The number of carbonyl (C=O) groups is 1. The van der Waals surface area contributed by atoms with E-state index in [0.29, 0.717) is 5.69 Å². The molecule has 0 unspecified atom stereocenters. The number of nitrogens with one attached hydrogen (secondary N) is 1. The summed E-state index contributed by atoms with van der Waals surface area (Å²) in [6.07, 6.45) is 1.56. The Bertz CT molecular complexity index is 926. The van der Waals surface area contributed by atoms with E-state index in [-0.39, 0.29) is 16.6 Å². The fourth-order valence-corrected chi connectivity index (χ4v) is 3.10. The number of amides is 1. The van der Waals surface area contributed by atoms with Gasteiger partial charge in [0, 0.05) is 12.6 Å². The van der Waals surface area contributed by atoms with Crippen LogP contribution in [0.1, 0.15) is 29.8 Å². The van der Waals surface area contributed by atoms with Crippen molar-refractivity contribution in [2.45, 2.75) is 26.4 Å². The molecular weight excluding hydrogens is 377 g/mol. The standard InChI is InChI=1S/C22H21ClFN3O/c1-15(2)27(14-16-7-4-3-5-8-16)20-12-11-17(13-25-20)26-22(28)21-18(23)9-6-10-19(21)24/h3-13,15H,14H2,1-2H3,(H,26,28). The van der Waals surface area contributed by atoms with Crippen molar-refractivity contribution in [2.75, 3.05) is 10.2 Å². The van der Waals surface area contributed by atoms with Gasteiger partial charge in [0.1, 0.15) is 11.6 Å². The molecule has 0 radical (unpaired) electrons. The zero-order chi connectivity index (χ0) is 20.1. The number of benzene rings is 2. The van der Waals surface area contributed by atoms with Gasteiger partial charge < -0.3 is 10.2 Å². The predicted molar refractivity (Wildman–Crippen MR) is 111 cm³/mol. The van der Waals surface area contributed by atoms with E-state index >= 15 is 0 Å². The van der Waals surface area contributed by atoms with Crippen LogP contribution in [-0.4, -0.2) is 16.9 Å². The second-order valence-electron chi connectivity index (χ2n) is 6.66. The van der Waals surface area contributed by atoms with Gasteiger partial charge in [-0.15, -0.1) is 0 Å². The zero-order valence-electron chi connectivity index (χ0n) is 15.7. The monoisotopic (exact) mass is 397 g/mol. The topological polar surface area (TPSA) is 45.2 Å². The first-order valence-electron chi connectivity index (χ1n) is 8.97. The molecule has 6 heteroatoms. The third-order valence-corrected chi connectivity index (χ3v) is 4.62. The smallest absolute Gasteiger partial charge is 0.260 e. The summed E-state index contributed by atoms with van der Waals surface area (Å²) < 4.78 is 13.9. The van der Waals surface area contributed by atoms with E-state index in [4.69, 9.17) is 11.6 Å². The molecular formula is C22H21ClFN3O. The molecule has 3 aromatic rings. The number of halogens is 2. The number of nitrogens with zero attached hydrogens (tertiary/aromatic N) is 2. The third-order valence-electron chi connectivity index (χ3n) is 4.31. The average Bonchev–Trinajstić information content (AvgIpc) is 2.67. The summed E-state index contributed by atoms with van der Waals surface area (Å²) in [6.45, 7) is 4.92. The molecule has 1 amide bonds. The van der Waals surface area contributed by atoms with Crippen molar-refractivity contribution in [3.8, 4) is 0 Å². The summed E-state index contributed by atoms with van der Waals surface area (Å²) in [5.74, 6) is -0.480. The van der Waals surface area contributed by atoms with Gasteiger partial charge in [0.25, 0.3) is 5.91 Å². The zero-order valence-corrected chi connectivity index (χ0v) is 16.4. The highest BCUT2D eigenvalue weighted by Gasteiger charge is 2.17. The van der Waals surface area contributed by atoms with Gasteiger partial charge in [0.05, 0.1) is 22.5 Å². The molecule has 0 aliphatic rings. The normalized spacial score (nSPS) is 10.8. The molecule has 4 nitrogen and oxygen atoms in total. The average molecular weight is 398 g/mol. The fraction of sp³-hybridized carbons (Fsp3) is 0.182. The Morgan fingerprint density at radius 2 is 1.86 bits per heavy atom. The highest BCUT2D eigenvalue weighted by Crippen LogP contribution is 2.22. The molecule has 28 heavy (non-hydrogen) atoms. The van der Waals surface area contributed by atoms with Gasteiger partial charge >= 0.3 is 0 Å². The summed E-state index contributed by atoms with van der Waals surface area (Å²) >= 11 is 5.95. The van der Waals surface area contributed by atoms with Crippen LogP contribution in [0.4, 0.5) is 15.9 Å². The van der Waals surface area contributed by atoms with E-state index in [1.165, 1.54) is 23.8 Å². The molecule has 1 aromatic heterocycles. The lowest BCUT2D eigenvalue weighted by molar-refractivity contribution is 0.102. The lowest BCUT2D eigenvalue weighted by atomic mass is 10.2. The highest BCUT2D eigenvalue weighted by molar-refractivity contribution is 6.34. The van der Waals surface area contributed by atoms with Crippen LogP contribution in [0.2, 0.25) is 5.02 Å². The third kappa shape index (κ3) is 4.67. The van der Waals surface area contributed by atoms with Crippen LogP contribution < -0.4 is 10.2 Å². The van der Waals surface area contributed by atoms with E-state index in [1.807, 2.05) is 24.3 Å². The molecule has 0 spiro atoms. The van der Waals surface area contributed by atoms with Crippen LogP contribution in [0.25, 0.3) is 0 Å². The van der Waals surface area contributed by atoms with Gasteiger partial charge in [-0.3, -0.25) is 4.79 Å². The Morgan fingerprint density at radius 1 is 1.11 bits per heavy atom. The van der Waals surface area contributed by atoms with Crippen molar-refractivity contribution >= 4 is 29.0 Å². The lowest BCUT2D eigenvalue weighted by Crippen LogP contribution is -2.30. The first-order valence-corrected chi connectivity index (χ1v) is 9.35. The summed E-state index contributed by atoms with van der Waals surface area (Å²) in [6, 6.07) is 18.1. The fourth-order valence-electron chi connectivity index (χ4n) is 2.85. The van der Waals surface area contributed by atoms with Crippen LogP contribution >= 0.6 is 11.6 Å². The quantitative estimate of drug-likeness (QED) is 0.593. The molecule has 3 rings (SSSR count). The van der Waals surface area contributed by atoms with Crippen LogP contribution in [0.15, 0.2) is 66.9 Å². The SMILES string of the molecule is CC(C)N(Cc1ccccc1)c1ccc(NC(=O)c2c(F)cccc2Cl)cn1. The van der Waals surface area contributed by atoms with Crippen molar-refractivity contribution in [3.63, 3.8) is 0 Å². The number of aromatic nitrogens is 1. The molecule has 0 fully saturated rings. The molecule has 0 saturated carbocycles. The van der Waals surface area contributed by atoms with Crippen molar-refractivity contribution in [2.24, 2.45) is 0 Å². The lowest BCUT2D eigenvalue weighted by Gasteiger charge is -2.28.